The number of hydrogen-bond acceptors (Lipinski definition) is 4. The van der Waals surface area contributed by atoms with Crippen LogP contribution in [0.4, 0.5) is 0 Å². The lowest BCUT2D eigenvalue weighted by Gasteiger charge is -2.10. The summed E-state index contributed by atoms with van der Waals surface area (Å²) in [7, 11) is 0. The summed E-state index contributed by atoms with van der Waals surface area (Å²) in [6.07, 6.45) is 4.34. The monoisotopic (exact) mass is 400 g/mol. The maximum Gasteiger partial charge on any atom is 0.319 e. The summed E-state index contributed by atoms with van der Waals surface area (Å²) in [6.45, 7) is 4.41. The van der Waals surface area contributed by atoms with Crippen molar-refractivity contribution in [2.24, 2.45) is 0 Å². The van der Waals surface area contributed by atoms with E-state index in [9.17, 15) is 9.59 Å². The Balaban J connectivity index is 3.59. The summed E-state index contributed by atoms with van der Waals surface area (Å²) in [4.78, 5) is 22.2. The minimum absolute atomic E-state index is 0.201. The number of carbonyl (C=O) groups is 2. The molecular formula is C13H22Br2O4. The Morgan fingerprint density at radius 2 is 1.21 bits per heavy atom. The molecule has 0 bridgehead atoms. The molecule has 6 heteroatoms. The normalized spacial score (nSPS) is 13.7. The van der Waals surface area contributed by atoms with E-state index in [1.807, 2.05) is 0 Å². The third-order valence-corrected chi connectivity index (χ3v) is 4.16. The standard InChI is InChI=1S/C13H22Br2O4/c1-3-18-12(16)10(14)8-6-5-7-9-11(15)13(17)19-4-2/h10-11H,3-9H2,1-2H3/t10-,11-/m1/s1. The third kappa shape index (κ3) is 9.44. The summed E-state index contributed by atoms with van der Waals surface area (Å²) in [6, 6.07) is 0. The van der Waals surface area contributed by atoms with Crippen LogP contribution in [0.25, 0.3) is 0 Å². The molecular weight excluding hydrogens is 380 g/mol. The lowest BCUT2D eigenvalue weighted by molar-refractivity contribution is -0.143. The molecule has 0 fully saturated rings. The average molecular weight is 402 g/mol. The lowest BCUT2D eigenvalue weighted by Crippen LogP contribution is -2.18. The first-order valence-electron chi connectivity index (χ1n) is 6.64. The predicted octanol–water partition coefficient (Wildman–Crippen LogP) is 3.59. The highest BCUT2D eigenvalue weighted by Gasteiger charge is 2.17. The number of unbranched alkanes of at least 4 members (excludes halogenated alkanes) is 2. The molecule has 0 rings (SSSR count). The van der Waals surface area contributed by atoms with E-state index >= 15 is 0 Å². The molecule has 19 heavy (non-hydrogen) atoms. The van der Waals surface area contributed by atoms with Gasteiger partial charge in [-0.15, -0.1) is 0 Å². The van der Waals surface area contributed by atoms with Crippen molar-refractivity contribution >= 4 is 43.8 Å². The van der Waals surface area contributed by atoms with Gasteiger partial charge in [0.25, 0.3) is 0 Å². The van der Waals surface area contributed by atoms with E-state index in [0.29, 0.717) is 13.2 Å². The first kappa shape index (κ1) is 18.9. The number of ether oxygens (including phenoxy) is 2. The van der Waals surface area contributed by atoms with Crippen molar-refractivity contribution in [3.63, 3.8) is 0 Å². The minimum Gasteiger partial charge on any atom is -0.465 e. The van der Waals surface area contributed by atoms with Gasteiger partial charge in [0.1, 0.15) is 9.65 Å². The van der Waals surface area contributed by atoms with Gasteiger partial charge in [0.05, 0.1) is 13.2 Å². The molecule has 0 amide bonds. The van der Waals surface area contributed by atoms with Crippen molar-refractivity contribution in [1.82, 2.24) is 0 Å². The largest absolute Gasteiger partial charge is 0.465 e. The van der Waals surface area contributed by atoms with E-state index < -0.39 is 0 Å². The Labute approximate surface area is 131 Å². The number of esters is 2. The quantitative estimate of drug-likeness (QED) is 0.319. The van der Waals surface area contributed by atoms with E-state index in [1.165, 1.54) is 0 Å². The van der Waals surface area contributed by atoms with Gasteiger partial charge in [-0.25, -0.2) is 0 Å². The second-order valence-electron chi connectivity index (χ2n) is 4.08. The molecule has 0 saturated heterocycles. The molecule has 0 heterocycles. The smallest absolute Gasteiger partial charge is 0.319 e. The maximum atomic E-state index is 11.3. The highest BCUT2D eigenvalue weighted by Crippen LogP contribution is 2.16. The van der Waals surface area contributed by atoms with Crippen LogP contribution in [0.3, 0.4) is 0 Å². The number of alkyl halides is 2. The highest BCUT2D eigenvalue weighted by molar-refractivity contribution is 9.10. The number of hydrogen-bond donors (Lipinski definition) is 0. The third-order valence-electron chi connectivity index (χ3n) is 2.50. The molecule has 112 valence electrons. The molecule has 0 unspecified atom stereocenters. The Hall–Kier alpha value is -0.100. The zero-order valence-electron chi connectivity index (χ0n) is 11.5. The van der Waals surface area contributed by atoms with Crippen LogP contribution in [0.5, 0.6) is 0 Å². The molecule has 0 aliphatic heterocycles. The van der Waals surface area contributed by atoms with Gasteiger partial charge in [-0.3, -0.25) is 9.59 Å². The molecule has 0 aliphatic carbocycles. The molecule has 0 N–H and O–H groups in total. The topological polar surface area (TPSA) is 52.6 Å². The Kier molecular flexibility index (Phi) is 11.6. The van der Waals surface area contributed by atoms with Gasteiger partial charge >= 0.3 is 11.9 Å². The molecule has 0 aromatic heterocycles. The summed E-state index contributed by atoms with van der Waals surface area (Å²) < 4.78 is 9.81. The molecule has 4 nitrogen and oxygen atoms in total. The first-order valence-corrected chi connectivity index (χ1v) is 8.47. The summed E-state index contributed by atoms with van der Waals surface area (Å²) in [5.41, 5.74) is 0. The van der Waals surface area contributed by atoms with E-state index in [2.05, 4.69) is 31.9 Å². The van der Waals surface area contributed by atoms with Gasteiger partial charge in [0.2, 0.25) is 0 Å². The van der Waals surface area contributed by atoms with Crippen LogP contribution < -0.4 is 0 Å². The molecule has 0 spiro atoms. The van der Waals surface area contributed by atoms with Crippen LogP contribution in [0.15, 0.2) is 0 Å². The molecule has 0 aromatic carbocycles. The SMILES string of the molecule is CCOC(=O)[C@H](Br)CCCCC[C@@H](Br)C(=O)OCC. The van der Waals surface area contributed by atoms with Crippen LogP contribution in [-0.2, 0) is 19.1 Å². The van der Waals surface area contributed by atoms with Crippen LogP contribution in [0, 0.1) is 0 Å². The van der Waals surface area contributed by atoms with Gasteiger partial charge < -0.3 is 9.47 Å². The minimum atomic E-state index is -0.225. The molecule has 0 saturated carbocycles. The van der Waals surface area contributed by atoms with Gasteiger partial charge in [0.15, 0.2) is 0 Å². The fourth-order valence-electron chi connectivity index (χ4n) is 1.52. The summed E-state index contributed by atoms with van der Waals surface area (Å²) in [5.74, 6) is -0.403. The Morgan fingerprint density at radius 1 is 0.842 bits per heavy atom. The van der Waals surface area contributed by atoms with E-state index in [-0.39, 0.29) is 21.6 Å². The Morgan fingerprint density at radius 3 is 1.53 bits per heavy atom. The van der Waals surface area contributed by atoms with Crippen molar-refractivity contribution in [2.45, 2.75) is 55.6 Å². The zero-order chi connectivity index (χ0) is 14.7. The molecule has 2 atom stereocenters. The predicted molar refractivity (Wildman–Crippen MR) is 81.8 cm³/mol. The summed E-state index contributed by atoms with van der Waals surface area (Å²) >= 11 is 6.62. The highest BCUT2D eigenvalue weighted by atomic mass is 79.9. The van der Waals surface area contributed by atoms with Crippen LogP contribution in [0.2, 0.25) is 0 Å². The van der Waals surface area contributed by atoms with Gasteiger partial charge in [-0.05, 0) is 26.7 Å². The number of carbonyl (C=O) groups excluding carboxylic acids is 2. The fraction of sp³-hybridized carbons (Fsp3) is 0.846. The average Bonchev–Trinajstić information content (AvgIpc) is 2.38. The van der Waals surface area contributed by atoms with Gasteiger partial charge in [-0.2, -0.15) is 0 Å². The molecule has 0 aromatic rings. The van der Waals surface area contributed by atoms with Gasteiger partial charge in [0, 0.05) is 0 Å². The second-order valence-corrected chi connectivity index (χ2v) is 6.29. The maximum absolute atomic E-state index is 11.3. The second kappa shape index (κ2) is 11.7. The number of rotatable bonds is 10. The van der Waals surface area contributed by atoms with Gasteiger partial charge in [-0.1, -0.05) is 51.1 Å². The van der Waals surface area contributed by atoms with E-state index in [0.717, 1.165) is 32.1 Å². The zero-order valence-corrected chi connectivity index (χ0v) is 14.7. The Bertz CT molecular complexity index is 245. The fourth-order valence-corrected chi connectivity index (χ4v) is 2.44. The van der Waals surface area contributed by atoms with Crippen molar-refractivity contribution in [2.75, 3.05) is 13.2 Å². The first-order chi connectivity index (χ1) is 9.02. The molecule has 0 aliphatic rings. The van der Waals surface area contributed by atoms with Crippen LogP contribution in [0.1, 0.15) is 46.0 Å². The van der Waals surface area contributed by atoms with E-state index in [1.54, 1.807) is 13.8 Å². The van der Waals surface area contributed by atoms with Crippen molar-refractivity contribution < 1.29 is 19.1 Å². The summed E-state index contributed by atoms with van der Waals surface area (Å²) in [5, 5.41) is 0. The van der Waals surface area contributed by atoms with Crippen molar-refractivity contribution in [3.05, 3.63) is 0 Å². The van der Waals surface area contributed by atoms with E-state index in [4.69, 9.17) is 9.47 Å². The van der Waals surface area contributed by atoms with Crippen LogP contribution in [-0.4, -0.2) is 34.8 Å². The van der Waals surface area contributed by atoms with Crippen LogP contribution >= 0.6 is 31.9 Å². The molecule has 0 radical (unpaired) electrons. The number of halogens is 2. The van der Waals surface area contributed by atoms with Crippen molar-refractivity contribution in [3.8, 4) is 0 Å². The van der Waals surface area contributed by atoms with Crippen molar-refractivity contribution in [1.29, 1.82) is 0 Å². The lowest BCUT2D eigenvalue weighted by atomic mass is 10.1.